The first-order valence-corrected chi connectivity index (χ1v) is 11.8. The summed E-state index contributed by atoms with van der Waals surface area (Å²) in [5.74, 6) is 0.724. The van der Waals surface area contributed by atoms with E-state index in [-0.39, 0.29) is 24.0 Å². The SMILES string of the molecule is Cc1noc2c1C1=C(C=CC(C)C=C1)C(c1ccc(Cl)cc1)=NC2CC(=O)Nc1ccc(O)cc1. The third kappa shape index (κ3) is 4.70. The van der Waals surface area contributed by atoms with E-state index >= 15 is 0 Å². The number of anilines is 1. The molecule has 0 saturated heterocycles. The number of phenols is 1. The van der Waals surface area contributed by atoms with Gasteiger partial charge in [-0.25, -0.2) is 0 Å². The number of amides is 1. The smallest absolute Gasteiger partial charge is 0.227 e. The molecule has 0 radical (unpaired) electrons. The highest BCUT2D eigenvalue weighted by atomic mass is 35.5. The molecule has 1 amide bonds. The zero-order chi connectivity index (χ0) is 24.5. The second-order valence-corrected chi connectivity index (χ2v) is 9.15. The lowest BCUT2D eigenvalue weighted by molar-refractivity contribution is -0.116. The molecular formula is C28H24ClN3O3. The van der Waals surface area contributed by atoms with Gasteiger partial charge < -0.3 is 14.9 Å². The molecule has 3 aromatic rings. The number of carbonyl (C=O) groups excluding carboxylic acids is 1. The molecule has 2 heterocycles. The Morgan fingerprint density at radius 1 is 1.06 bits per heavy atom. The van der Waals surface area contributed by atoms with Crippen molar-refractivity contribution in [1.82, 2.24) is 5.16 Å². The molecule has 1 aliphatic carbocycles. The fourth-order valence-corrected chi connectivity index (χ4v) is 4.43. The summed E-state index contributed by atoms with van der Waals surface area (Å²) in [4.78, 5) is 18.1. The van der Waals surface area contributed by atoms with Crippen LogP contribution in [0.25, 0.3) is 5.57 Å². The number of carbonyl (C=O) groups is 1. The van der Waals surface area contributed by atoms with E-state index in [0.29, 0.717) is 16.5 Å². The van der Waals surface area contributed by atoms with Gasteiger partial charge in [0.2, 0.25) is 5.91 Å². The number of aryl methyl sites for hydroxylation is 1. The fourth-order valence-electron chi connectivity index (χ4n) is 4.30. The number of aromatic nitrogens is 1. The summed E-state index contributed by atoms with van der Waals surface area (Å²) in [5, 5.41) is 17.3. The van der Waals surface area contributed by atoms with Crippen LogP contribution >= 0.6 is 11.6 Å². The van der Waals surface area contributed by atoms with Crippen LogP contribution in [0.3, 0.4) is 0 Å². The molecule has 6 nitrogen and oxygen atoms in total. The van der Waals surface area contributed by atoms with Crippen LogP contribution in [-0.2, 0) is 4.79 Å². The van der Waals surface area contributed by atoms with E-state index < -0.39 is 6.04 Å². The molecule has 2 N–H and O–H groups in total. The summed E-state index contributed by atoms with van der Waals surface area (Å²) in [6.07, 6.45) is 8.50. The van der Waals surface area contributed by atoms with Crippen LogP contribution in [0.5, 0.6) is 5.75 Å². The predicted octanol–water partition coefficient (Wildman–Crippen LogP) is 6.43. The van der Waals surface area contributed by atoms with Crippen LogP contribution in [0.4, 0.5) is 5.69 Å². The number of nitrogens with one attached hydrogen (secondary N) is 1. The average molecular weight is 486 g/mol. The van der Waals surface area contributed by atoms with Gasteiger partial charge in [0.05, 0.1) is 23.4 Å². The van der Waals surface area contributed by atoms with Gasteiger partial charge in [-0.1, -0.05) is 60.1 Å². The van der Waals surface area contributed by atoms with E-state index in [1.54, 1.807) is 12.1 Å². The monoisotopic (exact) mass is 485 g/mol. The number of aliphatic imine (C=N–C) groups is 1. The standard InChI is InChI=1S/C28H24ClN3O3/c1-16-3-13-22-23(14-4-16)27(18-5-7-19(29)8-6-18)31-24(28-26(22)17(2)32-35-28)15-25(34)30-20-9-11-21(33)12-10-20/h3-14,16,24,33H,15H2,1-2H3,(H,30,34). The van der Waals surface area contributed by atoms with E-state index in [1.807, 2.05) is 31.2 Å². The Morgan fingerprint density at radius 3 is 2.46 bits per heavy atom. The molecule has 0 spiro atoms. The van der Waals surface area contributed by atoms with E-state index in [2.05, 4.69) is 41.7 Å². The number of nitrogens with zero attached hydrogens (tertiary/aromatic N) is 2. The van der Waals surface area contributed by atoms with Gasteiger partial charge in [0.1, 0.15) is 11.8 Å². The Hall–Kier alpha value is -3.90. The number of aromatic hydroxyl groups is 1. The van der Waals surface area contributed by atoms with Crippen LogP contribution in [-0.4, -0.2) is 21.9 Å². The number of hydrogen-bond donors (Lipinski definition) is 2. The van der Waals surface area contributed by atoms with Crippen LogP contribution < -0.4 is 5.32 Å². The molecular weight excluding hydrogens is 462 g/mol. The first-order valence-electron chi connectivity index (χ1n) is 11.4. The lowest BCUT2D eigenvalue weighted by atomic mass is 9.93. The van der Waals surface area contributed by atoms with E-state index in [0.717, 1.165) is 33.7 Å². The Bertz CT molecular complexity index is 1400. The fraction of sp³-hybridized carbons (Fsp3) is 0.179. The van der Waals surface area contributed by atoms with Gasteiger partial charge in [0.25, 0.3) is 0 Å². The van der Waals surface area contributed by atoms with Crippen molar-refractivity contribution in [2.75, 3.05) is 5.32 Å². The topological polar surface area (TPSA) is 87.7 Å². The summed E-state index contributed by atoms with van der Waals surface area (Å²) < 4.78 is 5.78. The van der Waals surface area contributed by atoms with Crippen molar-refractivity contribution in [2.45, 2.75) is 26.3 Å². The Kier molecular flexibility index (Phi) is 6.14. The first-order chi connectivity index (χ1) is 16.9. The molecule has 0 saturated carbocycles. The van der Waals surface area contributed by atoms with Gasteiger partial charge >= 0.3 is 0 Å². The van der Waals surface area contributed by atoms with Crippen LogP contribution in [0.2, 0.25) is 5.02 Å². The van der Waals surface area contributed by atoms with Crippen molar-refractivity contribution >= 4 is 34.5 Å². The van der Waals surface area contributed by atoms with Gasteiger partial charge in [0, 0.05) is 21.8 Å². The highest BCUT2D eigenvalue weighted by molar-refractivity contribution is 6.31. The van der Waals surface area contributed by atoms with Crippen LogP contribution in [0, 0.1) is 12.8 Å². The minimum atomic E-state index is -0.583. The number of halogens is 1. The minimum Gasteiger partial charge on any atom is -0.508 e. The average Bonchev–Trinajstić information content (AvgIpc) is 3.03. The zero-order valence-corrected chi connectivity index (χ0v) is 20.1. The Balaban J connectivity index is 1.60. The van der Waals surface area contributed by atoms with Gasteiger partial charge in [-0.05, 0) is 54.8 Å². The van der Waals surface area contributed by atoms with Crippen molar-refractivity contribution in [3.05, 3.63) is 106 Å². The normalized spacial score (nSPS) is 18.9. The van der Waals surface area contributed by atoms with Gasteiger partial charge in [-0.2, -0.15) is 0 Å². The molecule has 1 aliphatic heterocycles. The second-order valence-electron chi connectivity index (χ2n) is 8.71. The highest BCUT2D eigenvalue weighted by Crippen LogP contribution is 2.40. The van der Waals surface area contributed by atoms with Crippen molar-refractivity contribution in [2.24, 2.45) is 10.9 Å². The third-order valence-electron chi connectivity index (χ3n) is 6.07. The maximum atomic E-state index is 13.0. The van der Waals surface area contributed by atoms with E-state index in [9.17, 15) is 9.90 Å². The minimum absolute atomic E-state index is 0.0595. The zero-order valence-electron chi connectivity index (χ0n) is 19.3. The molecule has 2 unspecified atom stereocenters. The molecule has 2 aromatic carbocycles. The maximum Gasteiger partial charge on any atom is 0.227 e. The number of phenolic OH excluding ortho intramolecular Hbond substituents is 1. The molecule has 0 fully saturated rings. The lowest BCUT2D eigenvalue weighted by Gasteiger charge is -2.13. The molecule has 176 valence electrons. The molecule has 0 bridgehead atoms. The largest absolute Gasteiger partial charge is 0.508 e. The third-order valence-corrected chi connectivity index (χ3v) is 6.32. The van der Waals surface area contributed by atoms with Crippen LogP contribution in [0.15, 0.2) is 87.9 Å². The lowest BCUT2D eigenvalue weighted by Crippen LogP contribution is -2.16. The summed E-state index contributed by atoms with van der Waals surface area (Å²) in [6, 6.07) is 13.3. The van der Waals surface area contributed by atoms with E-state index in [4.69, 9.17) is 21.1 Å². The maximum absolute atomic E-state index is 13.0. The number of allylic oxidation sites excluding steroid dienone is 6. The summed E-state index contributed by atoms with van der Waals surface area (Å²) in [5.41, 5.74) is 5.78. The molecule has 1 aromatic heterocycles. The quantitative estimate of drug-likeness (QED) is 0.417. The van der Waals surface area contributed by atoms with Crippen molar-refractivity contribution in [1.29, 1.82) is 0 Å². The first kappa shape index (κ1) is 22.9. The molecule has 35 heavy (non-hydrogen) atoms. The number of rotatable bonds is 4. The number of fused-ring (bicyclic) bond motifs is 2. The van der Waals surface area contributed by atoms with Crippen LogP contribution in [0.1, 0.15) is 42.0 Å². The van der Waals surface area contributed by atoms with Crippen molar-refractivity contribution in [3.8, 4) is 5.75 Å². The molecule has 7 heteroatoms. The molecule has 2 aliphatic rings. The summed E-state index contributed by atoms with van der Waals surface area (Å²) >= 11 is 6.16. The van der Waals surface area contributed by atoms with Gasteiger partial charge in [0.15, 0.2) is 5.76 Å². The number of hydrogen-bond acceptors (Lipinski definition) is 5. The molecule has 2 atom stereocenters. The number of benzene rings is 2. The second kappa shape index (κ2) is 9.39. The van der Waals surface area contributed by atoms with Gasteiger partial charge in [-0.3, -0.25) is 9.79 Å². The van der Waals surface area contributed by atoms with Gasteiger partial charge in [-0.15, -0.1) is 0 Å². The van der Waals surface area contributed by atoms with Crippen molar-refractivity contribution < 1.29 is 14.4 Å². The molecule has 5 rings (SSSR count). The van der Waals surface area contributed by atoms with E-state index in [1.165, 1.54) is 12.1 Å². The van der Waals surface area contributed by atoms with Crippen molar-refractivity contribution in [3.63, 3.8) is 0 Å². The highest BCUT2D eigenvalue weighted by Gasteiger charge is 2.32. The Labute approximate surface area is 208 Å². The summed E-state index contributed by atoms with van der Waals surface area (Å²) in [7, 11) is 0. The Morgan fingerprint density at radius 2 is 1.74 bits per heavy atom. The predicted molar refractivity (Wildman–Crippen MR) is 138 cm³/mol. The summed E-state index contributed by atoms with van der Waals surface area (Å²) in [6.45, 7) is 4.02.